The van der Waals surface area contributed by atoms with Crippen LogP contribution in [0.25, 0.3) is 22.0 Å². The molecule has 100 valence electrons. The molecule has 3 rings (SSSR count). The number of rotatable bonds is 4. The van der Waals surface area contributed by atoms with E-state index in [1.807, 2.05) is 36.5 Å². The lowest BCUT2D eigenvalue weighted by molar-refractivity contribution is -0.136. The quantitative estimate of drug-likeness (QED) is 0.752. The zero-order valence-corrected chi connectivity index (χ0v) is 11.0. The first kappa shape index (κ1) is 12.5. The second-order valence-electron chi connectivity index (χ2n) is 4.80. The van der Waals surface area contributed by atoms with Crippen LogP contribution in [0.4, 0.5) is 0 Å². The largest absolute Gasteiger partial charge is 0.481 e. The molecule has 3 heteroatoms. The van der Waals surface area contributed by atoms with Crippen LogP contribution < -0.4 is 0 Å². The highest BCUT2D eigenvalue weighted by molar-refractivity contribution is 5.97. The third-order valence-corrected chi connectivity index (χ3v) is 3.48. The summed E-state index contributed by atoms with van der Waals surface area (Å²) in [5.41, 5.74) is 4.40. The lowest BCUT2D eigenvalue weighted by Gasteiger charge is -2.06. The van der Waals surface area contributed by atoms with Crippen molar-refractivity contribution in [3.63, 3.8) is 0 Å². The molecule has 2 aromatic carbocycles. The molecule has 0 bridgehead atoms. The molecule has 0 atom stereocenters. The van der Waals surface area contributed by atoms with E-state index in [4.69, 9.17) is 5.11 Å². The maximum absolute atomic E-state index is 10.8. The molecule has 1 aromatic heterocycles. The molecule has 0 saturated carbocycles. The number of aromatic nitrogens is 1. The molecular weight excluding hydrogens is 250 g/mol. The van der Waals surface area contributed by atoms with Crippen LogP contribution in [-0.2, 0) is 11.2 Å². The minimum Gasteiger partial charge on any atom is -0.481 e. The van der Waals surface area contributed by atoms with Crippen molar-refractivity contribution in [2.45, 2.75) is 12.8 Å². The molecule has 20 heavy (non-hydrogen) atoms. The molecule has 0 amide bonds. The van der Waals surface area contributed by atoms with Crippen molar-refractivity contribution < 1.29 is 9.90 Å². The lowest BCUT2D eigenvalue weighted by atomic mass is 9.97. The average molecular weight is 265 g/mol. The highest BCUT2D eigenvalue weighted by Crippen LogP contribution is 2.31. The summed E-state index contributed by atoms with van der Waals surface area (Å²) < 4.78 is 0. The lowest BCUT2D eigenvalue weighted by Crippen LogP contribution is -1.97. The Morgan fingerprint density at radius 3 is 2.60 bits per heavy atom. The number of benzene rings is 2. The standard InChI is InChI=1S/C17H15NO2/c19-16(20)10-9-13-11-18-15-8-4-7-14(17(13)15)12-5-2-1-3-6-12/h1-8,11,18H,9-10H2,(H,19,20). The van der Waals surface area contributed by atoms with Crippen molar-refractivity contribution in [1.29, 1.82) is 0 Å². The first-order chi connectivity index (χ1) is 9.75. The number of carboxylic acid groups (broad SMARTS) is 1. The predicted molar refractivity (Wildman–Crippen MR) is 79.7 cm³/mol. The maximum atomic E-state index is 10.8. The van der Waals surface area contributed by atoms with Crippen molar-refractivity contribution in [3.8, 4) is 11.1 Å². The summed E-state index contributed by atoms with van der Waals surface area (Å²) in [5.74, 6) is -0.767. The molecule has 0 unspecified atom stereocenters. The number of nitrogens with one attached hydrogen (secondary N) is 1. The molecule has 0 aliphatic carbocycles. The number of aryl methyl sites for hydroxylation is 1. The van der Waals surface area contributed by atoms with E-state index in [1.165, 1.54) is 0 Å². The van der Waals surface area contributed by atoms with Crippen molar-refractivity contribution in [2.24, 2.45) is 0 Å². The van der Waals surface area contributed by atoms with Gasteiger partial charge in [-0.1, -0.05) is 42.5 Å². The van der Waals surface area contributed by atoms with Crippen LogP contribution in [0.15, 0.2) is 54.7 Å². The Morgan fingerprint density at radius 2 is 1.85 bits per heavy atom. The summed E-state index contributed by atoms with van der Waals surface area (Å²) >= 11 is 0. The van der Waals surface area contributed by atoms with E-state index in [2.05, 4.69) is 23.2 Å². The number of hydrogen-bond acceptors (Lipinski definition) is 1. The van der Waals surface area contributed by atoms with Gasteiger partial charge in [0.05, 0.1) is 0 Å². The highest BCUT2D eigenvalue weighted by atomic mass is 16.4. The van der Waals surface area contributed by atoms with Gasteiger partial charge in [-0.3, -0.25) is 4.79 Å². The fraction of sp³-hybridized carbons (Fsp3) is 0.118. The first-order valence-corrected chi connectivity index (χ1v) is 6.62. The van der Waals surface area contributed by atoms with E-state index in [9.17, 15) is 4.79 Å². The first-order valence-electron chi connectivity index (χ1n) is 6.62. The van der Waals surface area contributed by atoms with Gasteiger partial charge in [0, 0.05) is 23.5 Å². The molecule has 0 saturated heterocycles. The van der Waals surface area contributed by atoms with Crippen molar-refractivity contribution in [3.05, 3.63) is 60.3 Å². The maximum Gasteiger partial charge on any atom is 0.303 e. The summed E-state index contributed by atoms with van der Waals surface area (Å²) in [7, 11) is 0. The van der Waals surface area contributed by atoms with Gasteiger partial charge < -0.3 is 10.1 Å². The van der Waals surface area contributed by atoms with E-state index in [-0.39, 0.29) is 6.42 Å². The third kappa shape index (κ3) is 2.30. The van der Waals surface area contributed by atoms with Crippen molar-refractivity contribution >= 4 is 16.9 Å². The average Bonchev–Trinajstić information content (AvgIpc) is 2.89. The minimum absolute atomic E-state index is 0.149. The Hall–Kier alpha value is -2.55. The number of H-pyrrole nitrogens is 1. The van der Waals surface area contributed by atoms with E-state index in [0.717, 1.165) is 27.6 Å². The SMILES string of the molecule is O=C(O)CCc1c[nH]c2cccc(-c3ccccc3)c12. The molecule has 2 N–H and O–H groups in total. The van der Waals surface area contributed by atoms with Gasteiger partial charge in [0.1, 0.15) is 0 Å². The van der Waals surface area contributed by atoms with Crippen LogP contribution >= 0.6 is 0 Å². The molecule has 0 aliphatic heterocycles. The van der Waals surface area contributed by atoms with Gasteiger partial charge in [-0.2, -0.15) is 0 Å². The van der Waals surface area contributed by atoms with Crippen LogP contribution in [0.3, 0.4) is 0 Å². The molecule has 1 heterocycles. The Morgan fingerprint density at radius 1 is 1.05 bits per heavy atom. The second kappa shape index (κ2) is 5.21. The highest BCUT2D eigenvalue weighted by Gasteiger charge is 2.10. The number of aliphatic carboxylic acids is 1. The zero-order chi connectivity index (χ0) is 13.9. The predicted octanol–water partition coefficient (Wildman–Crippen LogP) is 3.85. The smallest absolute Gasteiger partial charge is 0.303 e. The van der Waals surface area contributed by atoms with Crippen LogP contribution in [0, 0.1) is 0 Å². The van der Waals surface area contributed by atoms with Crippen molar-refractivity contribution in [2.75, 3.05) is 0 Å². The van der Waals surface area contributed by atoms with Gasteiger partial charge in [-0.15, -0.1) is 0 Å². The summed E-state index contributed by atoms with van der Waals surface area (Å²) in [5, 5.41) is 9.99. The zero-order valence-electron chi connectivity index (χ0n) is 11.0. The molecule has 0 aliphatic rings. The van der Waals surface area contributed by atoms with E-state index >= 15 is 0 Å². The van der Waals surface area contributed by atoms with Crippen LogP contribution in [0.1, 0.15) is 12.0 Å². The van der Waals surface area contributed by atoms with E-state index in [0.29, 0.717) is 6.42 Å². The monoisotopic (exact) mass is 265 g/mol. The summed E-state index contributed by atoms with van der Waals surface area (Å²) in [6, 6.07) is 16.3. The molecule has 0 fully saturated rings. The Bertz CT molecular complexity index is 744. The molecule has 3 aromatic rings. The number of carboxylic acids is 1. The number of hydrogen-bond donors (Lipinski definition) is 2. The van der Waals surface area contributed by atoms with Gasteiger partial charge in [-0.05, 0) is 29.2 Å². The van der Waals surface area contributed by atoms with Gasteiger partial charge in [-0.25, -0.2) is 0 Å². The Kier molecular flexibility index (Phi) is 3.25. The van der Waals surface area contributed by atoms with Gasteiger partial charge in [0.15, 0.2) is 0 Å². The summed E-state index contributed by atoms with van der Waals surface area (Å²) in [4.78, 5) is 14.0. The van der Waals surface area contributed by atoms with E-state index < -0.39 is 5.97 Å². The number of fused-ring (bicyclic) bond motifs is 1. The number of carbonyl (C=O) groups is 1. The third-order valence-electron chi connectivity index (χ3n) is 3.48. The second-order valence-corrected chi connectivity index (χ2v) is 4.80. The fourth-order valence-corrected chi connectivity index (χ4v) is 2.55. The fourth-order valence-electron chi connectivity index (χ4n) is 2.55. The van der Waals surface area contributed by atoms with E-state index in [1.54, 1.807) is 0 Å². The number of aromatic amines is 1. The molecule has 3 nitrogen and oxygen atoms in total. The van der Waals surface area contributed by atoms with Crippen molar-refractivity contribution in [1.82, 2.24) is 4.98 Å². The van der Waals surface area contributed by atoms with Gasteiger partial charge in [0.25, 0.3) is 0 Å². The minimum atomic E-state index is -0.767. The van der Waals surface area contributed by atoms with Crippen LogP contribution in [0.2, 0.25) is 0 Å². The normalized spacial score (nSPS) is 10.8. The topological polar surface area (TPSA) is 53.1 Å². The van der Waals surface area contributed by atoms with Gasteiger partial charge in [0.2, 0.25) is 0 Å². The van der Waals surface area contributed by atoms with Gasteiger partial charge >= 0.3 is 5.97 Å². The Balaban J connectivity index is 2.12. The Labute approximate surface area is 116 Å². The summed E-state index contributed by atoms with van der Waals surface area (Å²) in [6.07, 6.45) is 2.61. The van der Waals surface area contributed by atoms with Crippen LogP contribution in [-0.4, -0.2) is 16.1 Å². The summed E-state index contributed by atoms with van der Waals surface area (Å²) in [6.45, 7) is 0. The molecular formula is C17H15NO2. The van der Waals surface area contributed by atoms with Crippen LogP contribution in [0.5, 0.6) is 0 Å². The molecule has 0 spiro atoms. The molecule has 0 radical (unpaired) electrons.